The van der Waals surface area contributed by atoms with E-state index in [0.717, 1.165) is 55.5 Å². The van der Waals surface area contributed by atoms with Gasteiger partial charge < -0.3 is 10.2 Å². The van der Waals surface area contributed by atoms with Crippen LogP contribution in [0.4, 0.5) is 5.69 Å². The fourth-order valence-corrected chi connectivity index (χ4v) is 3.41. The monoisotopic (exact) mass is 355 g/mol. The number of aromatic nitrogens is 2. The Morgan fingerprint density at radius 1 is 1.04 bits per heavy atom. The summed E-state index contributed by atoms with van der Waals surface area (Å²) < 4.78 is 1.89. The number of nitrogens with zero attached hydrogens (tertiary/aromatic N) is 4. The minimum atomic E-state index is 0.0320. The molecule has 0 saturated carbocycles. The van der Waals surface area contributed by atoms with E-state index in [4.69, 9.17) is 0 Å². The van der Waals surface area contributed by atoms with Crippen molar-refractivity contribution in [3.05, 3.63) is 41.2 Å². The predicted octanol–water partition coefficient (Wildman–Crippen LogP) is 2.37. The lowest BCUT2D eigenvalue weighted by Gasteiger charge is -2.33. The van der Waals surface area contributed by atoms with Crippen molar-refractivity contribution in [1.29, 1.82) is 0 Å². The van der Waals surface area contributed by atoms with Crippen LogP contribution < -0.4 is 5.32 Å². The van der Waals surface area contributed by atoms with Gasteiger partial charge in [-0.1, -0.05) is 24.6 Å². The van der Waals surface area contributed by atoms with Crippen LogP contribution in [0.3, 0.4) is 0 Å². The normalized spacial score (nSPS) is 16.0. The third-order valence-electron chi connectivity index (χ3n) is 5.11. The highest BCUT2D eigenvalue weighted by Crippen LogP contribution is 2.23. The lowest BCUT2D eigenvalue weighted by molar-refractivity contribution is -0.117. The van der Waals surface area contributed by atoms with Crippen molar-refractivity contribution < 1.29 is 4.79 Å². The van der Waals surface area contributed by atoms with Crippen molar-refractivity contribution >= 4 is 11.6 Å². The van der Waals surface area contributed by atoms with Gasteiger partial charge in [0, 0.05) is 26.2 Å². The van der Waals surface area contributed by atoms with Gasteiger partial charge in [-0.3, -0.25) is 9.69 Å². The summed E-state index contributed by atoms with van der Waals surface area (Å²) in [5, 5.41) is 7.69. The molecule has 0 unspecified atom stereocenters. The van der Waals surface area contributed by atoms with Crippen molar-refractivity contribution in [1.82, 2.24) is 19.6 Å². The van der Waals surface area contributed by atoms with Gasteiger partial charge in [-0.05, 0) is 39.4 Å². The molecule has 1 saturated heterocycles. The molecule has 1 aromatic carbocycles. The van der Waals surface area contributed by atoms with Crippen LogP contribution in [0.15, 0.2) is 24.3 Å². The van der Waals surface area contributed by atoms with E-state index in [9.17, 15) is 4.79 Å². The molecule has 1 aliphatic heterocycles. The van der Waals surface area contributed by atoms with Gasteiger partial charge in [0.2, 0.25) is 5.91 Å². The quantitative estimate of drug-likeness (QED) is 0.895. The van der Waals surface area contributed by atoms with E-state index in [0.29, 0.717) is 6.54 Å². The molecule has 1 N–H and O–H groups in total. The van der Waals surface area contributed by atoms with Crippen LogP contribution in [-0.4, -0.2) is 64.8 Å². The molecule has 0 aliphatic carbocycles. The first-order valence-electron chi connectivity index (χ1n) is 9.35. The Morgan fingerprint density at radius 3 is 2.27 bits per heavy atom. The number of hydrogen-bond acceptors (Lipinski definition) is 4. The Labute approximate surface area is 155 Å². The molecular weight excluding hydrogens is 326 g/mol. The van der Waals surface area contributed by atoms with Gasteiger partial charge >= 0.3 is 0 Å². The number of piperazine rings is 1. The van der Waals surface area contributed by atoms with E-state index in [1.807, 2.05) is 30.7 Å². The van der Waals surface area contributed by atoms with Crippen LogP contribution in [-0.2, 0) is 4.79 Å². The number of carbonyl (C=O) groups excluding carboxylic acids is 1. The highest BCUT2D eigenvalue weighted by Gasteiger charge is 2.20. The second-order valence-corrected chi connectivity index (χ2v) is 7.05. The summed E-state index contributed by atoms with van der Waals surface area (Å²) in [6.45, 7) is 13.7. The zero-order valence-corrected chi connectivity index (χ0v) is 16.2. The molecule has 0 atom stereocenters. The Hall–Kier alpha value is -2.18. The van der Waals surface area contributed by atoms with E-state index < -0.39 is 0 Å². The lowest BCUT2D eigenvalue weighted by atomic mass is 10.2. The van der Waals surface area contributed by atoms with Crippen LogP contribution in [0.2, 0.25) is 0 Å². The maximum absolute atomic E-state index is 12.5. The van der Waals surface area contributed by atoms with Crippen LogP contribution in [0.5, 0.6) is 0 Å². The molecule has 0 spiro atoms. The van der Waals surface area contributed by atoms with Gasteiger partial charge in [-0.2, -0.15) is 5.10 Å². The molecule has 1 fully saturated rings. The summed E-state index contributed by atoms with van der Waals surface area (Å²) in [4.78, 5) is 17.2. The zero-order valence-electron chi connectivity index (χ0n) is 16.2. The zero-order chi connectivity index (χ0) is 18.7. The maximum Gasteiger partial charge on any atom is 0.238 e. The highest BCUT2D eigenvalue weighted by atomic mass is 16.2. The van der Waals surface area contributed by atoms with Crippen LogP contribution in [0.1, 0.15) is 23.9 Å². The SMILES string of the molecule is CCN1CCN(CC(=O)Nc2c(C)nn(-c3ccc(C)cc3)c2C)CC1. The van der Waals surface area contributed by atoms with Crippen molar-refractivity contribution in [2.75, 3.05) is 44.6 Å². The number of likely N-dealkylation sites (N-methyl/N-ethyl adjacent to an activating group) is 1. The first-order chi connectivity index (χ1) is 12.5. The summed E-state index contributed by atoms with van der Waals surface area (Å²) in [6.07, 6.45) is 0. The maximum atomic E-state index is 12.5. The standard InChI is InChI=1S/C20H29N5O/c1-5-23-10-12-24(13-11-23)14-19(26)21-20-16(3)22-25(17(20)4)18-8-6-15(2)7-9-18/h6-9H,5,10-14H2,1-4H3,(H,21,26). The molecule has 140 valence electrons. The Morgan fingerprint density at radius 2 is 1.65 bits per heavy atom. The number of nitrogens with one attached hydrogen (secondary N) is 1. The first-order valence-corrected chi connectivity index (χ1v) is 9.35. The predicted molar refractivity (Wildman–Crippen MR) is 105 cm³/mol. The molecule has 2 aromatic rings. The molecule has 2 heterocycles. The van der Waals surface area contributed by atoms with E-state index in [1.54, 1.807) is 0 Å². The second kappa shape index (κ2) is 8.01. The minimum absolute atomic E-state index is 0.0320. The molecule has 1 aliphatic rings. The summed E-state index contributed by atoms with van der Waals surface area (Å²) >= 11 is 0. The summed E-state index contributed by atoms with van der Waals surface area (Å²) in [5.41, 5.74) is 4.84. The fraction of sp³-hybridized carbons (Fsp3) is 0.500. The number of rotatable bonds is 5. The van der Waals surface area contributed by atoms with E-state index in [2.05, 4.69) is 46.2 Å². The molecule has 6 heteroatoms. The molecule has 6 nitrogen and oxygen atoms in total. The van der Waals surface area contributed by atoms with Crippen LogP contribution >= 0.6 is 0 Å². The highest BCUT2D eigenvalue weighted by molar-refractivity contribution is 5.93. The van der Waals surface area contributed by atoms with Gasteiger partial charge in [0.05, 0.1) is 29.3 Å². The second-order valence-electron chi connectivity index (χ2n) is 7.05. The molecule has 1 aromatic heterocycles. The summed E-state index contributed by atoms with van der Waals surface area (Å²) in [5.74, 6) is 0.0320. The van der Waals surface area contributed by atoms with Crippen molar-refractivity contribution in [3.63, 3.8) is 0 Å². The fourth-order valence-electron chi connectivity index (χ4n) is 3.41. The van der Waals surface area contributed by atoms with Crippen molar-refractivity contribution in [3.8, 4) is 5.69 Å². The van der Waals surface area contributed by atoms with E-state index in [1.165, 1.54) is 5.56 Å². The molecule has 1 amide bonds. The molecular formula is C20H29N5O. The number of benzene rings is 1. The van der Waals surface area contributed by atoms with Crippen molar-refractivity contribution in [2.45, 2.75) is 27.7 Å². The van der Waals surface area contributed by atoms with E-state index in [-0.39, 0.29) is 5.91 Å². The number of aryl methyl sites for hydroxylation is 2. The van der Waals surface area contributed by atoms with Crippen LogP contribution in [0.25, 0.3) is 5.69 Å². The lowest BCUT2D eigenvalue weighted by Crippen LogP contribution is -2.48. The largest absolute Gasteiger partial charge is 0.322 e. The van der Waals surface area contributed by atoms with Crippen LogP contribution in [0, 0.1) is 20.8 Å². The third kappa shape index (κ3) is 4.14. The Balaban J connectivity index is 1.66. The van der Waals surface area contributed by atoms with Gasteiger partial charge in [-0.15, -0.1) is 0 Å². The third-order valence-corrected chi connectivity index (χ3v) is 5.11. The molecule has 3 rings (SSSR count). The number of anilines is 1. The number of carbonyl (C=O) groups is 1. The molecule has 0 bridgehead atoms. The first kappa shape index (κ1) is 18.6. The summed E-state index contributed by atoms with van der Waals surface area (Å²) in [7, 11) is 0. The minimum Gasteiger partial charge on any atom is -0.322 e. The topological polar surface area (TPSA) is 53.4 Å². The Bertz CT molecular complexity index is 757. The number of amides is 1. The van der Waals surface area contributed by atoms with Gasteiger partial charge in [0.1, 0.15) is 0 Å². The van der Waals surface area contributed by atoms with Crippen molar-refractivity contribution in [2.24, 2.45) is 0 Å². The average molecular weight is 355 g/mol. The van der Waals surface area contributed by atoms with Gasteiger partial charge in [-0.25, -0.2) is 4.68 Å². The molecule has 26 heavy (non-hydrogen) atoms. The molecule has 0 radical (unpaired) electrons. The Kier molecular flexibility index (Phi) is 5.74. The number of hydrogen-bond donors (Lipinski definition) is 1. The smallest absolute Gasteiger partial charge is 0.238 e. The summed E-state index contributed by atoms with van der Waals surface area (Å²) in [6, 6.07) is 8.24. The van der Waals surface area contributed by atoms with Gasteiger partial charge in [0.25, 0.3) is 0 Å². The van der Waals surface area contributed by atoms with Gasteiger partial charge in [0.15, 0.2) is 0 Å². The average Bonchev–Trinajstić information content (AvgIpc) is 2.91. The van der Waals surface area contributed by atoms with E-state index >= 15 is 0 Å².